The molecule has 36 heavy (non-hydrogen) atoms. The van der Waals surface area contributed by atoms with E-state index in [2.05, 4.69) is 0 Å². The number of aliphatic hydroxyl groups excluding tert-OH is 2. The molecule has 0 amide bonds. The van der Waals surface area contributed by atoms with Gasteiger partial charge in [0.15, 0.2) is 0 Å². The smallest absolute Gasteiger partial charge is 0.311 e. The van der Waals surface area contributed by atoms with Gasteiger partial charge in [0.1, 0.15) is 11.5 Å². The van der Waals surface area contributed by atoms with Crippen molar-refractivity contribution in [3.63, 3.8) is 0 Å². The summed E-state index contributed by atoms with van der Waals surface area (Å²) in [5.74, 6) is 1.43. The molecule has 2 aromatic carbocycles. The third kappa shape index (κ3) is 9.21. The summed E-state index contributed by atoms with van der Waals surface area (Å²) in [4.78, 5) is 24.4. The normalized spacial score (nSPS) is 20.6. The largest absolute Gasteiger partial charge is 0.427 e. The third-order valence-electron chi connectivity index (χ3n) is 6.25. The van der Waals surface area contributed by atoms with E-state index in [9.17, 15) is 19.8 Å². The van der Waals surface area contributed by atoms with E-state index in [4.69, 9.17) is 9.47 Å². The van der Waals surface area contributed by atoms with E-state index < -0.39 is 12.2 Å². The minimum absolute atomic E-state index is 0.0749. The molecule has 0 saturated heterocycles. The maximum atomic E-state index is 12.5. The van der Waals surface area contributed by atoms with Crippen LogP contribution in [0.5, 0.6) is 5.75 Å². The van der Waals surface area contributed by atoms with E-state index in [1.807, 2.05) is 48.5 Å². The Morgan fingerprint density at radius 2 is 1.92 bits per heavy atom. The Hall–Kier alpha value is -2.45. The number of rotatable bonds is 14. The minimum Gasteiger partial charge on any atom is -0.427 e. The average molecular weight is 513 g/mol. The fraction of sp³-hybridized carbons (Fsp3) is 0.448. The lowest BCUT2D eigenvalue weighted by molar-refractivity contribution is -0.134. The molecule has 194 valence electrons. The first kappa shape index (κ1) is 28.1. The van der Waals surface area contributed by atoms with Crippen molar-refractivity contribution >= 4 is 23.5 Å². The molecule has 1 fully saturated rings. The lowest BCUT2D eigenvalue weighted by Gasteiger charge is -2.18. The van der Waals surface area contributed by atoms with Crippen LogP contribution >= 0.6 is 11.8 Å². The number of carbonyl (C=O) groups excluding carboxylic acids is 2. The number of ether oxygens (including phenoxy) is 2. The lowest BCUT2D eigenvalue weighted by Crippen LogP contribution is -2.20. The fourth-order valence-electron chi connectivity index (χ4n) is 4.47. The second-order valence-electron chi connectivity index (χ2n) is 9.12. The van der Waals surface area contributed by atoms with Crippen LogP contribution in [0.15, 0.2) is 66.7 Å². The van der Waals surface area contributed by atoms with Gasteiger partial charge in [0.25, 0.3) is 0 Å². The van der Waals surface area contributed by atoms with Gasteiger partial charge in [-0.2, -0.15) is 11.8 Å². The van der Waals surface area contributed by atoms with Crippen LogP contribution in [0.25, 0.3) is 0 Å². The van der Waals surface area contributed by atoms with Crippen LogP contribution in [-0.4, -0.2) is 52.8 Å². The molecule has 3 rings (SSSR count). The number of carbonyl (C=O) groups is 2. The number of benzene rings is 2. The average Bonchev–Trinajstić information content (AvgIpc) is 3.12. The van der Waals surface area contributed by atoms with Gasteiger partial charge in [-0.15, -0.1) is 0 Å². The molecular weight excluding hydrogens is 476 g/mol. The van der Waals surface area contributed by atoms with Crippen molar-refractivity contribution in [1.29, 1.82) is 0 Å². The summed E-state index contributed by atoms with van der Waals surface area (Å²) < 4.78 is 10.5. The predicted octanol–water partition coefficient (Wildman–Crippen LogP) is 4.37. The molecule has 6 nitrogen and oxygen atoms in total. The van der Waals surface area contributed by atoms with Crippen LogP contribution in [0.2, 0.25) is 0 Å². The quantitative estimate of drug-likeness (QED) is 0.168. The zero-order chi connectivity index (χ0) is 25.8. The van der Waals surface area contributed by atoms with Crippen LogP contribution < -0.4 is 4.74 Å². The summed E-state index contributed by atoms with van der Waals surface area (Å²) in [6.45, 7) is 0.521. The number of hydrogen-bond acceptors (Lipinski definition) is 7. The number of aliphatic hydroxyl groups is 2. The molecule has 0 radical (unpaired) electrons. The summed E-state index contributed by atoms with van der Waals surface area (Å²) in [7, 11) is 1.65. The van der Waals surface area contributed by atoms with Gasteiger partial charge in [0.05, 0.1) is 18.8 Å². The maximum Gasteiger partial charge on any atom is 0.311 e. The van der Waals surface area contributed by atoms with Gasteiger partial charge in [-0.25, -0.2) is 0 Å². The Labute approximate surface area is 217 Å². The highest BCUT2D eigenvalue weighted by Gasteiger charge is 2.39. The topological polar surface area (TPSA) is 93.1 Å². The molecule has 0 bridgehead atoms. The minimum atomic E-state index is -0.714. The highest BCUT2D eigenvalue weighted by molar-refractivity contribution is 7.99. The van der Waals surface area contributed by atoms with Crippen LogP contribution in [0.3, 0.4) is 0 Å². The molecular formula is C29H36O6S. The molecule has 2 aromatic rings. The van der Waals surface area contributed by atoms with Crippen LogP contribution in [0.1, 0.15) is 36.8 Å². The zero-order valence-electron chi connectivity index (χ0n) is 20.8. The lowest BCUT2D eigenvalue weighted by atomic mass is 9.91. The first-order valence-electron chi connectivity index (χ1n) is 12.4. The number of methoxy groups -OCH3 is 1. The van der Waals surface area contributed by atoms with E-state index in [1.165, 1.54) is 0 Å². The van der Waals surface area contributed by atoms with Gasteiger partial charge in [-0.3, -0.25) is 9.59 Å². The monoisotopic (exact) mass is 512 g/mol. The molecule has 1 aliphatic rings. The molecule has 0 spiro atoms. The number of thioether (sulfide) groups is 1. The molecule has 1 saturated carbocycles. The number of Topliss-reactive ketones (excluding diaryl/α,β-unsaturated/α-hetero) is 1. The molecule has 0 heterocycles. The third-order valence-corrected chi connectivity index (χ3v) is 7.35. The van der Waals surface area contributed by atoms with Gasteiger partial charge >= 0.3 is 5.97 Å². The summed E-state index contributed by atoms with van der Waals surface area (Å²) in [6.07, 6.45) is 4.44. The number of para-hydroxylation sites is 1. The van der Waals surface area contributed by atoms with E-state index in [-0.39, 0.29) is 30.0 Å². The van der Waals surface area contributed by atoms with E-state index in [1.54, 1.807) is 37.1 Å². The van der Waals surface area contributed by atoms with Gasteiger partial charge in [0, 0.05) is 38.2 Å². The van der Waals surface area contributed by atoms with Crippen LogP contribution in [0.4, 0.5) is 0 Å². The van der Waals surface area contributed by atoms with Crippen molar-refractivity contribution in [1.82, 2.24) is 0 Å². The summed E-state index contributed by atoms with van der Waals surface area (Å²) in [5, 5.41) is 20.9. The molecule has 7 heteroatoms. The maximum absolute atomic E-state index is 12.5. The molecule has 2 N–H and O–H groups in total. The fourth-order valence-corrected chi connectivity index (χ4v) is 5.45. The Morgan fingerprint density at radius 1 is 1.14 bits per heavy atom. The highest BCUT2D eigenvalue weighted by Crippen LogP contribution is 2.34. The number of hydrogen-bond donors (Lipinski definition) is 2. The van der Waals surface area contributed by atoms with Crippen molar-refractivity contribution in [2.45, 2.75) is 50.9 Å². The second-order valence-corrected chi connectivity index (χ2v) is 10.3. The van der Waals surface area contributed by atoms with E-state index >= 15 is 0 Å². The Kier molecular flexibility index (Phi) is 11.7. The second kappa shape index (κ2) is 15.0. The van der Waals surface area contributed by atoms with Crippen molar-refractivity contribution < 1.29 is 29.3 Å². The number of ketones is 1. The summed E-state index contributed by atoms with van der Waals surface area (Å²) >= 11 is 1.70. The molecule has 4 atom stereocenters. The van der Waals surface area contributed by atoms with Gasteiger partial charge in [-0.1, -0.05) is 54.6 Å². The predicted molar refractivity (Wildman–Crippen MR) is 142 cm³/mol. The van der Waals surface area contributed by atoms with Crippen LogP contribution in [0, 0.1) is 11.8 Å². The highest BCUT2D eigenvalue weighted by atomic mass is 32.2. The Balaban J connectivity index is 1.39. The van der Waals surface area contributed by atoms with Crippen molar-refractivity contribution in [3.8, 4) is 5.75 Å². The first-order chi connectivity index (χ1) is 17.5. The zero-order valence-corrected chi connectivity index (χ0v) is 21.6. The standard InChI is InChI=1S/C29H36O6S/c1-34-20-22-8-5-7-21(17-22)18-23(30)12-13-25-26(28(32)19-27(25)31)14-16-36-15-6-11-29(33)35-24-9-3-2-4-10-24/h2-5,7-10,12-13,17,23,25-27,30-31H,6,11,14-16,18-20H2,1H3. The summed E-state index contributed by atoms with van der Waals surface area (Å²) in [5.41, 5.74) is 2.05. The SMILES string of the molecule is COCc1cccc(CC(O)C=CC2C(O)CC(=O)C2CCSCCCC(=O)Oc2ccccc2)c1. The van der Waals surface area contributed by atoms with E-state index in [0.29, 0.717) is 38.0 Å². The molecule has 0 aromatic heterocycles. The van der Waals surface area contributed by atoms with Crippen LogP contribution in [-0.2, 0) is 27.4 Å². The summed E-state index contributed by atoms with van der Waals surface area (Å²) in [6, 6.07) is 16.9. The molecule has 1 aliphatic carbocycles. The van der Waals surface area contributed by atoms with Crippen molar-refractivity contribution in [3.05, 3.63) is 77.9 Å². The Morgan fingerprint density at radius 3 is 2.69 bits per heavy atom. The van der Waals surface area contributed by atoms with Gasteiger partial charge < -0.3 is 19.7 Å². The van der Waals surface area contributed by atoms with Crippen molar-refractivity contribution in [2.75, 3.05) is 18.6 Å². The van der Waals surface area contributed by atoms with Crippen molar-refractivity contribution in [2.24, 2.45) is 11.8 Å². The Bertz CT molecular complexity index is 992. The van der Waals surface area contributed by atoms with Gasteiger partial charge in [-0.05, 0) is 47.6 Å². The molecule has 0 aliphatic heterocycles. The first-order valence-corrected chi connectivity index (χ1v) is 13.6. The molecule has 4 unspecified atom stereocenters. The number of esters is 1. The van der Waals surface area contributed by atoms with E-state index in [0.717, 1.165) is 22.6 Å². The van der Waals surface area contributed by atoms with Gasteiger partial charge in [0.2, 0.25) is 0 Å².